The van der Waals surface area contributed by atoms with Gasteiger partial charge < -0.3 is 9.80 Å². The highest BCUT2D eigenvalue weighted by Crippen LogP contribution is 2.41. The number of allylic oxidation sites excluding steroid dienone is 1. The Morgan fingerprint density at radius 3 is 2.46 bits per heavy atom. The van der Waals surface area contributed by atoms with Crippen molar-refractivity contribution in [2.45, 2.75) is 33.2 Å². The summed E-state index contributed by atoms with van der Waals surface area (Å²) in [4.78, 5) is 19.3. The highest BCUT2D eigenvalue weighted by atomic mass is 16.2. The molecule has 6 nitrogen and oxygen atoms in total. The zero-order valence-corrected chi connectivity index (χ0v) is 21.1. The van der Waals surface area contributed by atoms with Crippen molar-refractivity contribution in [3.05, 3.63) is 84.3 Å². The number of hydrogen-bond donors (Lipinski definition) is 0. The van der Waals surface area contributed by atoms with E-state index in [-0.39, 0.29) is 11.4 Å². The van der Waals surface area contributed by atoms with Gasteiger partial charge >= 0.3 is 6.03 Å². The molecule has 2 saturated heterocycles. The molecule has 0 bridgehead atoms. The van der Waals surface area contributed by atoms with Crippen molar-refractivity contribution in [2.24, 2.45) is 5.41 Å². The van der Waals surface area contributed by atoms with E-state index in [1.165, 1.54) is 26.9 Å². The van der Waals surface area contributed by atoms with E-state index in [4.69, 9.17) is 0 Å². The first kappa shape index (κ1) is 23.4. The maximum Gasteiger partial charge on any atom is 0.344 e. The fourth-order valence-electron chi connectivity index (χ4n) is 5.28. The van der Waals surface area contributed by atoms with Crippen LogP contribution in [0.25, 0.3) is 11.1 Å². The topological polar surface area (TPSA) is 44.6 Å². The number of carbonyl (C=O) groups excluding carboxylic acids is 1. The molecule has 0 unspecified atom stereocenters. The van der Waals surface area contributed by atoms with Crippen LogP contribution in [0.4, 0.5) is 10.5 Å². The maximum atomic E-state index is 12.9. The Hall–Kier alpha value is -3.38. The molecule has 0 atom stereocenters. The SMILES string of the molecule is C=C(C)N(C)c1cnn(C(=O)N2CC3(CCN(Cc4ccc(-c5ccccc5)cc4C)CC3)C2)c1. The number of likely N-dealkylation sites (tertiary alicyclic amines) is 2. The van der Waals surface area contributed by atoms with E-state index in [1.807, 2.05) is 23.8 Å². The zero-order valence-electron chi connectivity index (χ0n) is 21.1. The molecule has 1 aromatic heterocycles. The zero-order chi connectivity index (χ0) is 24.6. The van der Waals surface area contributed by atoms with E-state index < -0.39 is 0 Å². The van der Waals surface area contributed by atoms with Gasteiger partial charge in [-0.15, -0.1) is 0 Å². The van der Waals surface area contributed by atoms with Crippen molar-refractivity contribution in [3.8, 4) is 11.1 Å². The number of aromatic nitrogens is 2. The lowest BCUT2D eigenvalue weighted by Gasteiger charge is -2.53. The molecular weight excluding hydrogens is 434 g/mol. The average Bonchev–Trinajstić information content (AvgIpc) is 3.34. The fourth-order valence-corrected chi connectivity index (χ4v) is 5.28. The summed E-state index contributed by atoms with van der Waals surface area (Å²) in [5.74, 6) is 0. The molecule has 1 amide bonds. The van der Waals surface area contributed by atoms with Gasteiger partial charge in [-0.05, 0) is 62.0 Å². The quantitative estimate of drug-likeness (QED) is 0.502. The van der Waals surface area contributed by atoms with Crippen molar-refractivity contribution in [1.82, 2.24) is 19.6 Å². The summed E-state index contributed by atoms with van der Waals surface area (Å²) in [6, 6.07) is 17.4. The van der Waals surface area contributed by atoms with Crippen molar-refractivity contribution < 1.29 is 4.79 Å². The second kappa shape index (κ2) is 9.34. The van der Waals surface area contributed by atoms with Gasteiger partial charge in [0.2, 0.25) is 0 Å². The van der Waals surface area contributed by atoms with Crippen LogP contribution in [0.2, 0.25) is 0 Å². The highest BCUT2D eigenvalue weighted by Gasteiger charge is 2.47. The number of anilines is 1. The molecule has 2 aliphatic rings. The normalized spacial score (nSPS) is 17.3. The number of piperidine rings is 1. The van der Waals surface area contributed by atoms with Crippen LogP contribution in [0.5, 0.6) is 0 Å². The van der Waals surface area contributed by atoms with E-state index in [0.717, 1.165) is 56.9 Å². The second-order valence-corrected chi connectivity index (χ2v) is 10.4. The second-order valence-electron chi connectivity index (χ2n) is 10.4. The third kappa shape index (κ3) is 4.76. The highest BCUT2D eigenvalue weighted by molar-refractivity contribution is 5.78. The number of aryl methyl sites for hydroxylation is 1. The minimum absolute atomic E-state index is 0.0337. The number of nitrogens with zero attached hydrogens (tertiary/aromatic N) is 5. The van der Waals surface area contributed by atoms with Crippen molar-refractivity contribution >= 4 is 11.7 Å². The first-order chi connectivity index (χ1) is 16.8. The predicted octanol–water partition coefficient (Wildman–Crippen LogP) is 5.39. The lowest BCUT2D eigenvalue weighted by atomic mass is 9.72. The molecule has 1 spiro atoms. The first-order valence-electron chi connectivity index (χ1n) is 12.4. The first-order valence-corrected chi connectivity index (χ1v) is 12.4. The van der Waals surface area contributed by atoms with Gasteiger partial charge in [0.1, 0.15) is 0 Å². The summed E-state index contributed by atoms with van der Waals surface area (Å²) in [5.41, 5.74) is 7.35. The summed E-state index contributed by atoms with van der Waals surface area (Å²) >= 11 is 0. The number of benzene rings is 2. The molecule has 3 aromatic rings. The van der Waals surface area contributed by atoms with Crippen LogP contribution in [0, 0.1) is 12.3 Å². The van der Waals surface area contributed by atoms with E-state index in [2.05, 4.69) is 72.0 Å². The van der Waals surface area contributed by atoms with Gasteiger partial charge in [-0.3, -0.25) is 4.90 Å². The molecule has 5 rings (SSSR count). The molecule has 182 valence electrons. The summed E-state index contributed by atoms with van der Waals surface area (Å²) in [6.45, 7) is 12.9. The number of amides is 1. The average molecular weight is 470 g/mol. The Morgan fingerprint density at radius 1 is 1.09 bits per heavy atom. The molecule has 2 aliphatic heterocycles. The van der Waals surface area contributed by atoms with Crippen LogP contribution in [0.3, 0.4) is 0 Å². The van der Waals surface area contributed by atoms with Gasteiger partial charge in [0.05, 0.1) is 18.1 Å². The Balaban J connectivity index is 1.13. The van der Waals surface area contributed by atoms with E-state index in [9.17, 15) is 4.79 Å². The Kier molecular flexibility index (Phi) is 6.24. The monoisotopic (exact) mass is 469 g/mol. The van der Waals surface area contributed by atoms with Gasteiger partial charge in [-0.1, -0.05) is 55.1 Å². The molecule has 2 fully saturated rings. The molecule has 2 aromatic carbocycles. The Labute approximate surface area is 208 Å². The lowest BCUT2D eigenvalue weighted by Crippen LogP contribution is -2.62. The van der Waals surface area contributed by atoms with Crippen molar-refractivity contribution in [1.29, 1.82) is 0 Å². The number of hydrogen-bond acceptors (Lipinski definition) is 4. The Bertz CT molecular complexity index is 1210. The van der Waals surface area contributed by atoms with E-state index in [0.29, 0.717) is 0 Å². The third-order valence-corrected chi connectivity index (χ3v) is 7.81. The van der Waals surface area contributed by atoms with Crippen LogP contribution in [-0.2, 0) is 6.54 Å². The summed E-state index contributed by atoms with van der Waals surface area (Å²) in [5, 5.41) is 4.28. The van der Waals surface area contributed by atoms with Crippen LogP contribution in [0.15, 0.2) is 73.2 Å². The van der Waals surface area contributed by atoms with Gasteiger partial charge in [-0.25, -0.2) is 4.79 Å². The lowest BCUT2D eigenvalue weighted by molar-refractivity contribution is -0.0235. The molecule has 3 heterocycles. The van der Waals surface area contributed by atoms with Crippen LogP contribution in [0.1, 0.15) is 30.9 Å². The smallest absolute Gasteiger partial charge is 0.344 e. The summed E-state index contributed by atoms with van der Waals surface area (Å²) in [7, 11) is 1.93. The van der Waals surface area contributed by atoms with Crippen LogP contribution in [-0.4, -0.2) is 58.8 Å². The fraction of sp³-hybridized carbons (Fsp3) is 0.379. The molecular formula is C29H35N5O. The predicted molar refractivity (Wildman–Crippen MR) is 141 cm³/mol. The minimum atomic E-state index is -0.0337. The maximum absolute atomic E-state index is 12.9. The van der Waals surface area contributed by atoms with Crippen molar-refractivity contribution in [3.63, 3.8) is 0 Å². The van der Waals surface area contributed by atoms with Gasteiger partial charge in [0.25, 0.3) is 0 Å². The molecule has 0 saturated carbocycles. The molecule has 0 aliphatic carbocycles. The molecule has 35 heavy (non-hydrogen) atoms. The summed E-state index contributed by atoms with van der Waals surface area (Å²) in [6.07, 6.45) is 5.78. The number of carbonyl (C=O) groups is 1. The van der Waals surface area contributed by atoms with Gasteiger partial charge in [0, 0.05) is 37.8 Å². The van der Waals surface area contributed by atoms with Crippen molar-refractivity contribution in [2.75, 3.05) is 38.1 Å². The minimum Gasteiger partial charge on any atom is -0.347 e. The van der Waals surface area contributed by atoms with E-state index >= 15 is 0 Å². The number of rotatable bonds is 5. The largest absolute Gasteiger partial charge is 0.347 e. The molecule has 0 radical (unpaired) electrons. The van der Waals surface area contributed by atoms with Crippen LogP contribution >= 0.6 is 0 Å². The van der Waals surface area contributed by atoms with E-state index in [1.54, 1.807) is 12.4 Å². The van der Waals surface area contributed by atoms with Crippen LogP contribution < -0.4 is 4.90 Å². The molecule has 0 N–H and O–H groups in total. The summed E-state index contributed by atoms with van der Waals surface area (Å²) < 4.78 is 1.46. The standard InChI is InChI=1S/C29H35N5O/c1-22(2)31(4)27-17-30-34(19-27)28(35)33-20-29(21-33)12-14-32(15-13-29)18-26-11-10-25(16-23(26)3)24-8-6-5-7-9-24/h5-11,16-17,19H,1,12-15,18,20-21H2,2-4H3. The Morgan fingerprint density at radius 2 is 1.80 bits per heavy atom. The molecule has 6 heteroatoms. The van der Waals surface area contributed by atoms with Gasteiger partial charge in [0.15, 0.2) is 0 Å². The third-order valence-electron chi connectivity index (χ3n) is 7.81. The van der Waals surface area contributed by atoms with Gasteiger partial charge in [-0.2, -0.15) is 9.78 Å².